The number of hydrogen-bond acceptors (Lipinski definition) is 1. The first kappa shape index (κ1) is 17.3. The van der Waals surface area contributed by atoms with Crippen LogP contribution in [0.3, 0.4) is 0 Å². The largest absolute Gasteiger partial charge is 0.478 e. The molecule has 2 N–H and O–H groups in total. The molecule has 1 saturated carbocycles. The molecule has 3 aromatic rings. The molecule has 0 bridgehead atoms. The van der Waals surface area contributed by atoms with Gasteiger partial charge in [0.1, 0.15) is 0 Å². The molecule has 3 nitrogen and oxygen atoms in total. The molecule has 0 aliphatic heterocycles. The predicted molar refractivity (Wildman–Crippen MR) is 102 cm³/mol. The first-order valence-electron chi connectivity index (χ1n) is 9.03. The summed E-state index contributed by atoms with van der Waals surface area (Å²) in [5, 5.41) is 10.4. The highest BCUT2D eigenvalue weighted by atomic mass is 16.4. The van der Waals surface area contributed by atoms with Crippen molar-refractivity contribution in [1.29, 1.82) is 0 Å². The summed E-state index contributed by atoms with van der Waals surface area (Å²) >= 11 is 0. The van der Waals surface area contributed by atoms with Crippen molar-refractivity contribution in [2.24, 2.45) is 0 Å². The number of aryl methyl sites for hydroxylation is 1. The molecule has 0 saturated heterocycles. The number of benzene rings is 2. The Morgan fingerprint density at radius 2 is 1.76 bits per heavy atom. The van der Waals surface area contributed by atoms with Crippen LogP contribution in [0.2, 0.25) is 0 Å². The number of carboxylic acid groups (broad SMARTS) is 1. The van der Waals surface area contributed by atoms with Crippen molar-refractivity contribution in [3.63, 3.8) is 0 Å². The molecule has 130 valence electrons. The molecule has 0 spiro atoms. The van der Waals surface area contributed by atoms with Crippen molar-refractivity contribution in [3.05, 3.63) is 70.9 Å². The summed E-state index contributed by atoms with van der Waals surface area (Å²) in [4.78, 5) is 14.7. The van der Waals surface area contributed by atoms with E-state index in [0.717, 1.165) is 23.7 Å². The fourth-order valence-corrected chi connectivity index (χ4v) is 3.84. The van der Waals surface area contributed by atoms with Crippen LogP contribution in [0, 0.1) is 6.92 Å². The summed E-state index contributed by atoms with van der Waals surface area (Å²) in [7, 11) is 0. The maximum Gasteiger partial charge on any atom is 0.337 e. The molecule has 4 rings (SSSR count). The number of hydrogen-bond donors (Lipinski definition) is 2. The van der Waals surface area contributed by atoms with E-state index in [9.17, 15) is 9.90 Å². The fraction of sp³-hybridized carbons (Fsp3) is 0.318. The Kier molecular flexibility index (Phi) is 4.67. The molecule has 1 heterocycles. The summed E-state index contributed by atoms with van der Waals surface area (Å²) in [6, 6.07) is 14.3. The highest BCUT2D eigenvalue weighted by Crippen LogP contribution is 2.51. The molecule has 2 aromatic carbocycles. The molecule has 0 amide bonds. The third-order valence-electron chi connectivity index (χ3n) is 5.27. The molecule has 1 aliphatic carbocycles. The van der Waals surface area contributed by atoms with Crippen LogP contribution >= 0.6 is 0 Å². The van der Waals surface area contributed by atoms with Gasteiger partial charge < -0.3 is 10.1 Å². The van der Waals surface area contributed by atoms with Crippen LogP contribution in [-0.2, 0) is 5.41 Å². The number of para-hydroxylation sites is 1. The topological polar surface area (TPSA) is 53.1 Å². The molecule has 1 fully saturated rings. The number of carbonyl (C=O) groups is 1. The van der Waals surface area contributed by atoms with Crippen molar-refractivity contribution in [2.75, 3.05) is 0 Å². The van der Waals surface area contributed by atoms with Gasteiger partial charge >= 0.3 is 5.97 Å². The number of fused-ring (bicyclic) bond motifs is 1. The van der Waals surface area contributed by atoms with Gasteiger partial charge in [0.15, 0.2) is 0 Å². The molecule has 0 unspecified atom stereocenters. The number of aromatic carboxylic acids is 1. The van der Waals surface area contributed by atoms with Gasteiger partial charge in [-0.25, -0.2) is 4.79 Å². The van der Waals surface area contributed by atoms with Gasteiger partial charge in [0.25, 0.3) is 0 Å². The molecular weight excluding hydrogens is 310 g/mol. The smallest absolute Gasteiger partial charge is 0.337 e. The van der Waals surface area contributed by atoms with Crippen LogP contribution in [0.4, 0.5) is 0 Å². The number of carboxylic acids is 1. The molecule has 0 atom stereocenters. The maximum absolute atomic E-state index is 11.4. The van der Waals surface area contributed by atoms with Gasteiger partial charge in [-0.15, -0.1) is 0 Å². The predicted octanol–water partition coefficient (Wildman–Crippen LogP) is 5.67. The van der Waals surface area contributed by atoms with Gasteiger partial charge in [-0.05, 0) is 37.0 Å². The van der Waals surface area contributed by atoms with Gasteiger partial charge in [0.2, 0.25) is 0 Å². The van der Waals surface area contributed by atoms with Gasteiger partial charge in [0, 0.05) is 17.0 Å². The van der Waals surface area contributed by atoms with Crippen molar-refractivity contribution < 1.29 is 9.90 Å². The highest BCUT2D eigenvalue weighted by Gasteiger charge is 2.42. The van der Waals surface area contributed by atoms with Crippen molar-refractivity contribution in [2.45, 2.75) is 45.4 Å². The zero-order valence-corrected chi connectivity index (χ0v) is 15.1. The van der Waals surface area contributed by atoms with E-state index in [1.165, 1.54) is 23.1 Å². The molecular formula is C22H25NO2. The summed E-state index contributed by atoms with van der Waals surface area (Å²) in [6.07, 6.45) is 5.44. The number of rotatable bonds is 3. The summed E-state index contributed by atoms with van der Waals surface area (Å²) in [5.41, 5.74) is 4.90. The van der Waals surface area contributed by atoms with Gasteiger partial charge in [-0.2, -0.15) is 0 Å². The fourth-order valence-electron chi connectivity index (χ4n) is 3.84. The van der Waals surface area contributed by atoms with E-state index in [1.807, 2.05) is 32.2 Å². The highest BCUT2D eigenvalue weighted by molar-refractivity contribution is 6.03. The van der Waals surface area contributed by atoms with Crippen LogP contribution in [0.15, 0.2) is 48.7 Å². The Morgan fingerprint density at radius 3 is 2.32 bits per heavy atom. The SMILES string of the molecule is CC.Cc1ccc(C2(c3c[nH]c4c(C(=O)O)cccc34)CCC2)cc1. The summed E-state index contributed by atoms with van der Waals surface area (Å²) in [5.74, 6) is -0.887. The van der Waals surface area contributed by atoms with E-state index in [-0.39, 0.29) is 5.41 Å². The number of nitrogens with one attached hydrogen (secondary N) is 1. The Labute approximate surface area is 148 Å². The van der Waals surface area contributed by atoms with Gasteiger partial charge in [0.05, 0.1) is 11.1 Å². The Balaban J connectivity index is 0.000000880. The van der Waals surface area contributed by atoms with Gasteiger partial charge in [-0.1, -0.05) is 62.2 Å². The lowest BCUT2D eigenvalue weighted by molar-refractivity contribution is 0.0699. The quantitative estimate of drug-likeness (QED) is 0.648. The Morgan fingerprint density at radius 1 is 1.08 bits per heavy atom. The van der Waals surface area contributed by atoms with E-state index in [4.69, 9.17) is 0 Å². The average Bonchev–Trinajstić information content (AvgIpc) is 3.02. The van der Waals surface area contributed by atoms with Crippen LogP contribution in [0.5, 0.6) is 0 Å². The third-order valence-corrected chi connectivity index (χ3v) is 5.27. The molecule has 1 aliphatic rings. The minimum absolute atomic E-state index is 0.0169. The standard InChI is InChI=1S/C20H19NO2.C2H6/c1-13-6-8-14(9-7-13)20(10-3-11-20)17-12-21-18-15(17)4-2-5-16(18)19(22)23;1-2/h2,4-9,12,21H,3,10-11H2,1H3,(H,22,23);1-2H3. The monoisotopic (exact) mass is 335 g/mol. The Bertz CT molecular complexity index is 886. The minimum Gasteiger partial charge on any atom is -0.478 e. The molecule has 25 heavy (non-hydrogen) atoms. The second-order valence-electron chi connectivity index (χ2n) is 6.54. The second-order valence-corrected chi connectivity index (χ2v) is 6.54. The zero-order chi connectivity index (χ0) is 18.0. The average molecular weight is 335 g/mol. The third kappa shape index (κ3) is 2.74. The molecule has 0 radical (unpaired) electrons. The normalized spacial score (nSPS) is 15.2. The van der Waals surface area contributed by atoms with E-state index < -0.39 is 5.97 Å². The van der Waals surface area contributed by atoms with Crippen molar-refractivity contribution in [3.8, 4) is 0 Å². The van der Waals surface area contributed by atoms with Crippen LogP contribution in [0.1, 0.15) is 60.2 Å². The van der Waals surface area contributed by atoms with Crippen LogP contribution in [-0.4, -0.2) is 16.1 Å². The van der Waals surface area contributed by atoms with Crippen LogP contribution < -0.4 is 0 Å². The van der Waals surface area contributed by atoms with Crippen molar-refractivity contribution in [1.82, 2.24) is 4.98 Å². The Hall–Kier alpha value is -2.55. The number of aromatic nitrogens is 1. The second kappa shape index (κ2) is 6.75. The van der Waals surface area contributed by atoms with E-state index in [0.29, 0.717) is 5.56 Å². The van der Waals surface area contributed by atoms with Crippen LogP contribution in [0.25, 0.3) is 10.9 Å². The summed E-state index contributed by atoms with van der Waals surface area (Å²) < 4.78 is 0. The lowest BCUT2D eigenvalue weighted by atomic mass is 9.60. The minimum atomic E-state index is -0.887. The number of aromatic amines is 1. The lowest BCUT2D eigenvalue weighted by Gasteiger charge is -2.42. The lowest BCUT2D eigenvalue weighted by Crippen LogP contribution is -2.35. The van der Waals surface area contributed by atoms with Crippen molar-refractivity contribution >= 4 is 16.9 Å². The van der Waals surface area contributed by atoms with Gasteiger partial charge in [-0.3, -0.25) is 0 Å². The van der Waals surface area contributed by atoms with E-state index in [1.54, 1.807) is 6.07 Å². The molecule has 1 aromatic heterocycles. The maximum atomic E-state index is 11.4. The van der Waals surface area contributed by atoms with E-state index in [2.05, 4.69) is 36.2 Å². The number of H-pyrrole nitrogens is 1. The summed E-state index contributed by atoms with van der Waals surface area (Å²) in [6.45, 7) is 6.10. The zero-order valence-electron chi connectivity index (χ0n) is 15.1. The molecule has 3 heteroatoms. The first-order chi connectivity index (χ1) is 12.1. The van der Waals surface area contributed by atoms with E-state index >= 15 is 0 Å². The first-order valence-corrected chi connectivity index (χ1v) is 9.03.